The highest BCUT2D eigenvalue weighted by Crippen LogP contribution is 2.40. The van der Waals surface area contributed by atoms with E-state index in [0.717, 1.165) is 27.8 Å². The molecular weight excluding hydrogens is 560 g/mol. The number of aryl methyl sites for hydroxylation is 1. The molecule has 0 bridgehead atoms. The standard InChI is InChI=1S/C24H24N8O6S2/c1-30-15-5-11(6-16(25)33)3-4-12(15)7-31(30)8-13-9-39-22-18(21(35)32(22)19(13)23(36)37)28-20(34)17(29-38-2)14-10-40-24(26)27-14/h3-5,7,10,18,22H,6,8-9H2,1-2H3,(H5-,25,26,27,28,33,34,36,37)/p+1/b29-17-/t18-,22-/m1/s1. The number of primary amides is 1. The van der Waals surface area contributed by atoms with Crippen molar-refractivity contribution < 1.29 is 33.8 Å². The van der Waals surface area contributed by atoms with E-state index in [-0.39, 0.29) is 35.2 Å². The molecule has 0 radical (unpaired) electrons. The number of thioether (sulfide) groups is 1. The molecule has 14 nitrogen and oxygen atoms in total. The van der Waals surface area contributed by atoms with Crippen molar-refractivity contribution in [2.75, 3.05) is 18.6 Å². The molecule has 16 heteroatoms. The van der Waals surface area contributed by atoms with E-state index in [0.29, 0.717) is 11.3 Å². The van der Waals surface area contributed by atoms with Gasteiger partial charge in [0.1, 0.15) is 35.4 Å². The van der Waals surface area contributed by atoms with Crippen LogP contribution in [0.25, 0.3) is 10.9 Å². The van der Waals surface area contributed by atoms with Gasteiger partial charge in [-0.05, 0) is 17.7 Å². The normalized spacial score (nSPS) is 18.9. The van der Waals surface area contributed by atoms with Crippen molar-refractivity contribution in [1.82, 2.24) is 19.9 Å². The number of nitrogen functional groups attached to an aromatic ring is 1. The van der Waals surface area contributed by atoms with Crippen molar-refractivity contribution in [3.8, 4) is 0 Å². The largest absolute Gasteiger partial charge is 0.477 e. The SMILES string of the molecule is CO/N=C(\C(=O)N[C@@H]1C(=O)N2C(C(=O)O)=C(C[n+]3cc4ccc(CC(N)=O)cc4n3C)CS[C@H]12)c1csc(N)n1. The number of aliphatic carboxylic acids is 1. The summed E-state index contributed by atoms with van der Waals surface area (Å²) < 4.78 is 3.69. The van der Waals surface area contributed by atoms with Crippen LogP contribution in [0.4, 0.5) is 5.13 Å². The number of thiazole rings is 1. The van der Waals surface area contributed by atoms with Crippen molar-refractivity contribution in [1.29, 1.82) is 0 Å². The highest BCUT2D eigenvalue weighted by atomic mass is 32.2. The van der Waals surface area contributed by atoms with Gasteiger partial charge in [0, 0.05) is 16.7 Å². The molecule has 208 valence electrons. The molecule has 0 aliphatic carbocycles. The van der Waals surface area contributed by atoms with Crippen LogP contribution < -0.4 is 21.5 Å². The van der Waals surface area contributed by atoms with Gasteiger partial charge in [-0.2, -0.15) is 4.68 Å². The highest BCUT2D eigenvalue weighted by Gasteiger charge is 2.55. The monoisotopic (exact) mass is 585 g/mol. The van der Waals surface area contributed by atoms with E-state index < -0.39 is 35.1 Å². The van der Waals surface area contributed by atoms with E-state index >= 15 is 0 Å². The maximum atomic E-state index is 13.1. The number of nitrogens with one attached hydrogen (secondary N) is 1. The number of carboxylic acid groups (broad SMARTS) is 1. The first kappa shape index (κ1) is 27.1. The van der Waals surface area contributed by atoms with Gasteiger partial charge in [0.2, 0.25) is 12.1 Å². The summed E-state index contributed by atoms with van der Waals surface area (Å²) in [6, 6.07) is 4.59. The maximum absolute atomic E-state index is 13.1. The van der Waals surface area contributed by atoms with Crippen molar-refractivity contribution in [3.63, 3.8) is 0 Å². The fourth-order valence-corrected chi connectivity index (χ4v) is 6.61. The lowest BCUT2D eigenvalue weighted by Gasteiger charge is -2.49. The van der Waals surface area contributed by atoms with Crippen LogP contribution in [-0.4, -0.2) is 73.4 Å². The number of β-lactam (4-membered cyclic amide) rings is 1. The Labute approximate surface area is 235 Å². The third kappa shape index (κ3) is 4.86. The second-order valence-electron chi connectivity index (χ2n) is 9.10. The van der Waals surface area contributed by atoms with Crippen LogP contribution in [0.15, 0.2) is 46.2 Å². The summed E-state index contributed by atoms with van der Waals surface area (Å²) >= 11 is 2.47. The van der Waals surface area contributed by atoms with Crippen LogP contribution in [0.3, 0.4) is 0 Å². The zero-order valence-electron chi connectivity index (χ0n) is 21.4. The molecule has 1 aromatic carbocycles. The van der Waals surface area contributed by atoms with Crippen LogP contribution in [0.5, 0.6) is 0 Å². The molecular formula is C24H25N8O6S2+. The highest BCUT2D eigenvalue weighted by molar-refractivity contribution is 8.00. The van der Waals surface area contributed by atoms with Crippen LogP contribution in [0.2, 0.25) is 0 Å². The van der Waals surface area contributed by atoms with E-state index in [1.165, 1.54) is 29.2 Å². The van der Waals surface area contributed by atoms with Crippen LogP contribution in [0, 0.1) is 0 Å². The molecule has 2 atom stereocenters. The molecule has 2 aliphatic heterocycles. The smallest absolute Gasteiger partial charge is 0.352 e. The number of hydrogen-bond acceptors (Lipinski definition) is 10. The van der Waals surface area contributed by atoms with Crippen molar-refractivity contribution >= 4 is 68.5 Å². The van der Waals surface area contributed by atoms with Crippen molar-refractivity contribution in [2.45, 2.75) is 24.4 Å². The summed E-state index contributed by atoms with van der Waals surface area (Å²) in [5.41, 5.74) is 13.1. The average Bonchev–Trinajstić information content (AvgIpc) is 3.47. The number of oxime groups is 1. The number of fused-ring (bicyclic) bond motifs is 2. The maximum Gasteiger partial charge on any atom is 0.352 e. The molecule has 1 fully saturated rings. The summed E-state index contributed by atoms with van der Waals surface area (Å²) in [6.07, 6.45) is 1.98. The molecule has 2 aromatic heterocycles. The number of benzene rings is 1. The summed E-state index contributed by atoms with van der Waals surface area (Å²) in [5.74, 6) is -2.59. The summed E-state index contributed by atoms with van der Waals surface area (Å²) in [6.45, 7) is 0.217. The molecule has 0 unspecified atom stereocenters. The second-order valence-corrected chi connectivity index (χ2v) is 11.1. The molecule has 0 spiro atoms. The van der Waals surface area contributed by atoms with Crippen LogP contribution >= 0.6 is 23.1 Å². The first-order valence-electron chi connectivity index (χ1n) is 11.9. The van der Waals surface area contributed by atoms with Gasteiger partial charge in [0.15, 0.2) is 17.4 Å². The van der Waals surface area contributed by atoms with E-state index in [1.807, 2.05) is 40.8 Å². The lowest BCUT2D eigenvalue weighted by molar-refractivity contribution is -0.764. The number of amides is 3. The van der Waals surface area contributed by atoms with E-state index in [4.69, 9.17) is 16.3 Å². The van der Waals surface area contributed by atoms with Gasteiger partial charge < -0.3 is 26.7 Å². The Bertz CT molecular complexity index is 1630. The molecule has 0 saturated carbocycles. The van der Waals surface area contributed by atoms with Gasteiger partial charge in [-0.1, -0.05) is 11.2 Å². The molecule has 40 heavy (non-hydrogen) atoms. The van der Waals surface area contributed by atoms with E-state index in [1.54, 1.807) is 0 Å². The molecule has 3 aromatic rings. The Kier molecular flexibility index (Phi) is 7.20. The third-order valence-electron chi connectivity index (χ3n) is 6.55. The number of carbonyl (C=O) groups excluding carboxylic acids is 3. The number of carboxylic acids is 1. The Balaban J connectivity index is 1.37. The Morgan fingerprint density at radius 1 is 1.35 bits per heavy atom. The molecule has 6 N–H and O–H groups in total. The predicted octanol–water partition coefficient (Wildman–Crippen LogP) is -0.678. The van der Waals surface area contributed by atoms with Gasteiger partial charge >= 0.3 is 5.97 Å². The van der Waals surface area contributed by atoms with Gasteiger partial charge in [-0.3, -0.25) is 19.3 Å². The zero-order chi connectivity index (χ0) is 28.7. The number of carbonyl (C=O) groups is 4. The average molecular weight is 586 g/mol. The van der Waals surface area contributed by atoms with Crippen LogP contribution in [-0.2, 0) is 44.0 Å². The quantitative estimate of drug-likeness (QED) is 0.109. The minimum Gasteiger partial charge on any atom is -0.477 e. The zero-order valence-corrected chi connectivity index (χ0v) is 23.0. The second kappa shape index (κ2) is 10.6. The van der Waals surface area contributed by atoms with Gasteiger partial charge in [0.05, 0.1) is 18.9 Å². The number of nitrogens with zero attached hydrogens (tertiary/aromatic N) is 5. The molecule has 2 aliphatic rings. The van der Waals surface area contributed by atoms with E-state index in [2.05, 4.69) is 15.5 Å². The van der Waals surface area contributed by atoms with Gasteiger partial charge in [-0.25, -0.2) is 9.78 Å². The molecule has 5 rings (SSSR count). The van der Waals surface area contributed by atoms with Crippen LogP contribution in [0.1, 0.15) is 11.3 Å². The number of nitrogens with two attached hydrogens (primary N) is 2. The molecule has 4 heterocycles. The number of hydrogen-bond donors (Lipinski definition) is 4. The first-order chi connectivity index (χ1) is 19.1. The third-order valence-corrected chi connectivity index (χ3v) is 8.56. The Morgan fingerprint density at radius 2 is 2.12 bits per heavy atom. The van der Waals surface area contributed by atoms with Crippen molar-refractivity contribution in [3.05, 3.63) is 52.3 Å². The summed E-state index contributed by atoms with van der Waals surface area (Å²) in [4.78, 5) is 59.8. The lowest BCUT2D eigenvalue weighted by atomic mass is 10.0. The van der Waals surface area contributed by atoms with Gasteiger partial charge in [0.25, 0.3) is 11.8 Å². The Hall–Kier alpha value is -4.44. The molecule has 3 amide bonds. The first-order valence-corrected chi connectivity index (χ1v) is 13.8. The number of aromatic nitrogens is 3. The topological polar surface area (TPSA) is 199 Å². The lowest BCUT2D eigenvalue weighted by Crippen LogP contribution is -2.71. The predicted molar refractivity (Wildman–Crippen MR) is 146 cm³/mol. The minimum atomic E-state index is -1.24. The summed E-state index contributed by atoms with van der Waals surface area (Å²) in [7, 11) is 3.10. The minimum absolute atomic E-state index is 0.107. The number of rotatable bonds is 9. The van der Waals surface area contributed by atoms with Gasteiger partial charge in [-0.15, -0.1) is 27.8 Å². The fourth-order valence-electron chi connectivity index (χ4n) is 4.73. The Morgan fingerprint density at radius 3 is 2.77 bits per heavy atom. The molecule has 1 saturated heterocycles. The summed E-state index contributed by atoms with van der Waals surface area (Å²) in [5, 5.41) is 18.5. The fraction of sp³-hybridized carbons (Fsp3) is 0.292. The number of anilines is 1. The van der Waals surface area contributed by atoms with E-state index in [9.17, 15) is 24.3 Å². The van der Waals surface area contributed by atoms with Crippen molar-refractivity contribution in [2.24, 2.45) is 17.9 Å².